The Kier molecular flexibility index (Phi) is 6.07. The van der Waals surface area contributed by atoms with Crippen LogP contribution in [0.3, 0.4) is 0 Å². The molecule has 1 unspecified atom stereocenters. The predicted octanol–water partition coefficient (Wildman–Crippen LogP) is 3.84. The first-order valence-corrected chi connectivity index (χ1v) is 11.1. The zero-order valence-corrected chi connectivity index (χ0v) is 17.6. The average Bonchev–Trinajstić information content (AvgIpc) is 3.35. The van der Waals surface area contributed by atoms with E-state index in [1.807, 2.05) is 7.05 Å². The van der Waals surface area contributed by atoms with E-state index < -0.39 is 0 Å². The van der Waals surface area contributed by atoms with E-state index in [4.69, 9.17) is 0 Å². The summed E-state index contributed by atoms with van der Waals surface area (Å²) in [5.41, 5.74) is 1.05. The molecule has 0 saturated heterocycles. The molecule has 5 nitrogen and oxygen atoms in total. The van der Waals surface area contributed by atoms with E-state index in [-0.39, 0.29) is 11.5 Å². The lowest BCUT2D eigenvalue weighted by atomic mass is 9.98. The number of hydrogen-bond donors (Lipinski definition) is 1. The van der Waals surface area contributed by atoms with Crippen molar-refractivity contribution in [1.29, 1.82) is 0 Å². The number of nitrogens with zero attached hydrogens (tertiary/aromatic N) is 2. The van der Waals surface area contributed by atoms with Gasteiger partial charge in [-0.05, 0) is 43.6 Å². The molecule has 0 aromatic carbocycles. The van der Waals surface area contributed by atoms with Gasteiger partial charge >= 0.3 is 0 Å². The zero-order chi connectivity index (χ0) is 18.8. The number of hydrogen-bond acceptors (Lipinski definition) is 5. The van der Waals surface area contributed by atoms with Crippen molar-refractivity contribution in [2.45, 2.75) is 51.6 Å². The first kappa shape index (κ1) is 19.4. The molecule has 26 heavy (non-hydrogen) atoms. The van der Waals surface area contributed by atoms with E-state index in [9.17, 15) is 9.59 Å². The molecule has 1 aliphatic rings. The van der Waals surface area contributed by atoms with Crippen LogP contribution in [0.15, 0.2) is 9.95 Å². The van der Waals surface area contributed by atoms with E-state index in [1.165, 1.54) is 29.5 Å². The van der Waals surface area contributed by atoms with Crippen LogP contribution in [0.25, 0.3) is 10.2 Å². The minimum Gasteiger partial charge on any atom is -0.345 e. The number of rotatable bonds is 8. The number of carbonyl (C=O) groups is 1. The summed E-state index contributed by atoms with van der Waals surface area (Å²) in [5, 5.41) is 1.27. The Hall–Kier alpha value is -1.34. The lowest BCUT2D eigenvalue weighted by Gasteiger charge is -2.16. The van der Waals surface area contributed by atoms with Crippen molar-refractivity contribution in [2.75, 3.05) is 19.3 Å². The standard InChI is InChI=1S/C19H27N3O2S2/c1-5-11(2)8-14-12(3)26-18-16(14)17(24)20-19(21-18)25-10-15(23)22(4)9-13-6-7-13/h11,13H,5-10H2,1-4H3,(H,20,21,24). The summed E-state index contributed by atoms with van der Waals surface area (Å²) in [6.07, 6.45) is 4.45. The number of thiophene rings is 1. The lowest BCUT2D eigenvalue weighted by molar-refractivity contribution is -0.127. The molecule has 142 valence electrons. The molecule has 1 atom stereocenters. The largest absolute Gasteiger partial charge is 0.345 e. The van der Waals surface area contributed by atoms with Gasteiger partial charge in [-0.25, -0.2) is 4.98 Å². The highest BCUT2D eigenvalue weighted by Crippen LogP contribution is 2.31. The van der Waals surface area contributed by atoms with Crippen LogP contribution < -0.4 is 5.56 Å². The minimum atomic E-state index is -0.0843. The number of aryl methyl sites for hydroxylation is 1. The van der Waals surface area contributed by atoms with Crippen molar-refractivity contribution in [1.82, 2.24) is 14.9 Å². The van der Waals surface area contributed by atoms with Crippen LogP contribution in [-0.2, 0) is 11.2 Å². The van der Waals surface area contributed by atoms with Crippen molar-refractivity contribution < 1.29 is 4.79 Å². The van der Waals surface area contributed by atoms with E-state index in [0.717, 1.165) is 35.2 Å². The number of carbonyl (C=O) groups excluding carboxylic acids is 1. The van der Waals surface area contributed by atoms with Gasteiger partial charge in [0.1, 0.15) is 4.83 Å². The molecule has 2 aromatic heterocycles. The molecule has 1 aliphatic carbocycles. The number of nitrogens with one attached hydrogen (secondary N) is 1. The second-order valence-corrected chi connectivity index (χ2v) is 9.58. The summed E-state index contributed by atoms with van der Waals surface area (Å²) in [7, 11) is 1.85. The van der Waals surface area contributed by atoms with Crippen molar-refractivity contribution in [3.63, 3.8) is 0 Å². The molecule has 1 saturated carbocycles. The van der Waals surface area contributed by atoms with Gasteiger partial charge in [0.15, 0.2) is 5.16 Å². The molecule has 0 aliphatic heterocycles. The lowest BCUT2D eigenvalue weighted by Crippen LogP contribution is -2.30. The number of aromatic amines is 1. The molecule has 3 rings (SSSR count). The van der Waals surface area contributed by atoms with Crippen LogP contribution >= 0.6 is 23.1 Å². The third-order valence-electron chi connectivity index (χ3n) is 5.08. The summed E-state index contributed by atoms with van der Waals surface area (Å²) in [6.45, 7) is 7.28. The highest BCUT2D eigenvalue weighted by molar-refractivity contribution is 7.99. The van der Waals surface area contributed by atoms with Crippen LogP contribution in [0.1, 0.15) is 43.6 Å². The maximum Gasteiger partial charge on any atom is 0.260 e. The normalized spacial score (nSPS) is 15.4. The maximum atomic E-state index is 12.6. The van der Waals surface area contributed by atoms with Gasteiger partial charge in [-0.2, -0.15) is 0 Å². The molecule has 1 N–H and O–H groups in total. The second kappa shape index (κ2) is 8.13. The Morgan fingerprint density at radius 2 is 2.19 bits per heavy atom. The summed E-state index contributed by atoms with van der Waals surface area (Å²) in [4.78, 5) is 36.1. The first-order valence-electron chi connectivity index (χ1n) is 9.28. The van der Waals surface area contributed by atoms with Crippen LogP contribution in [0.5, 0.6) is 0 Å². The van der Waals surface area contributed by atoms with Crippen LogP contribution in [0, 0.1) is 18.8 Å². The molecule has 1 fully saturated rings. The number of amides is 1. The van der Waals surface area contributed by atoms with Gasteiger partial charge in [0.2, 0.25) is 5.91 Å². The molecule has 7 heteroatoms. The molecule has 2 aromatic rings. The Labute approximate surface area is 162 Å². The van der Waals surface area contributed by atoms with Crippen molar-refractivity contribution >= 4 is 39.2 Å². The van der Waals surface area contributed by atoms with Crippen molar-refractivity contribution in [3.8, 4) is 0 Å². The molecule has 0 bridgehead atoms. The summed E-state index contributed by atoms with van der Waals surface area (Å²) >= 11 is 2.89. The van der Waals surface area contributed by atoms with Crippen LogP contribution in [-0.4, -0.2) is 40.1 Å². The maximum absolute atomic E-state index is 12.6. The predicted molar refractivity (Wildman–Crippen MR) is 109 cm³/mol. The molecule has 2 heterocycles. The minimum absolute atomic E-state index is 0.0843. The third kappa shape index (κ3) is 4.49. The van der Waals surface area contributed by atoms with Crippen molar-refractivity contribution in [2.24, 2.45) is 11.8 Å². The monoisotopic (exact) mass is 393 g/mol. The highest BCUT2D eigenvalue weighted by Gasteiger charge is 2.25. The fraction of sp³-hybridized carbons (Fsp3) is 0.632. The third-order valence-corrected chi connectivity index (χ3v) is 6.98. The second-order valence-electron chi connectivity index (χ2n) is 7.41. The Bertz CT molecular complexity index is 854. The van der Waals surface area contributed by atoms with Gasteiger partial charge in [-0.15, -0.1) is 11.3 Å². The molecular formula is C19H27N3O2S2. The smallest absolute Gasteiger partial charge is 0.260 e. The summed E-state index contributed by atoms with van der Waals surface area (Å²) < 4.78 is 0. The Balaban J connectivity index is 1.74. The fourth-order valence-corrected chi connectivity index (χ4v) is 4.90. The van der Waals surface area contributed by atoms with Gasteiger partial charge in [0.05, 0.1) is 11.1 Å². The fourth-order valence-electron chi connectivity index (χ4n) is 2.99. The van der Waals surface area contributed by atoms with Crippen LogP contribution in [0.4, 0.5) is 0 Å². The quantitative estimate of drug-likeness (QED) is 0.547. The Morgan fingerprint density at radius 3 is 2.85 bits per heavy atom. The molecule has 0 spiro atoms. The molecule has 1 amide bonds. The SMILES string of the molecule is CCC(C)Cc1c(C)sc2nc(SCC(=O)N(C)CC3CC3)[nH]c(=O)c12. The molecular weight excluding hydrogens is 366 g/mol. The number of fused-ring (bicyclic) bond motifs is 1. The van der Waals surface area contributed by atoms with E-state index in [1.54, 1.807) is 16.2 Å². The van der Waals surface area contributed by atoms with Gasteiger partial charge in [-0.1, -0.05) is 32.0 Å². The summed E-state index contributed by atoms with van der Waals surface area (Å²) in [6, 6.07) is 0. The topological polar surface area (TPSA) is 66.1 Å². The number of thioether (sulfide) groups is 1. The van der Waals surface area contributed by atoms with Gasteiger partial charge in [-0.3, -0.25) is 9.59 Å². The number of H-pyrrole nitrogens is 1. The van der Waals surface area contributed by atoms with Gasteiger partial charge in [0, 0.05) is 18.5 Å². The van der Waals surface area contributed by atoms with Crippen molar-refractivity contribution in [3.05, 3.63) is 20.8 Å². The van der Waals surface area contributed by atoms with Gasteiger partial charge < -0.3 is 9.88 Å². The van der Waals surface area contributed by atoms with Crippen LogP contribution in [0.2, 0.25) is 0 Å². The Morgan fingerprint density at radius 1 is 1.46 bits per heavy atom. The highest BCUT2D eigenvalue weighted by atomic mass is 32.2. The number of aromatic nitrogens is 2. The zero-order valence-electron chi connectivity index (χ0n) is 15.9. The first-order chi connectivity index (χ1) is 12.4. The van der Waals surface area contributed by atoms with E-state index in [2.05, 4.69) is 30.7 Å². The van der Waals surface area contributed by atoms with E-state index >= 15 is 0 Å². The average molecular weight is 394 g/mol. The molecule has 0 radical (unpaired) electrons. The van der Waals surface area contributed by atoms with E-state index in [0.29, 0.717) is 22.7 Å². The van der Waals surface area contributed by atoms with Gasteiger partial charge in [0.25, 0.3) is 5.56 Å². The summed E-state index contributed by atoms with van der Waals surface area (Å²) in [5.74, 6) is 1.62.